The summed E-state index contributed by atoms with van der Waals surface area (Å²) < 4.78 is 5.16. The number of nitrogens with one attached hydrogen (secondary N) is 1. The lowest BCUT2D eigenvalue weighted by Gasteiger charge is -2.13. The molecule has 0 aromatic heterocycles. The molecule has 23 heavy (non-hydrogen) atoms. The Bertz CT molecular complexity index is 761. The van der Waals surface area contributed by atoms with Gasteiger partial charge in [-0.25, -0.2) is 0 Å². The van der Waals surface area contributed by atoms with Crippen LogP contribution < -0.4 is 10.1 Å². The Labute approximate surface area is 134 Å². The molecule has 0 atom stereocenters. The average Bonchev–Trinajstić information content (AvgIpc) is 2.45. The fraction of sp³-hybridized carbons (Fsp3) is 0.235. The van der Waals surface area contributed by atoms with Crippen LogP contribution in [0.5, 0.6) is 5.75 Å². The van der Waals surface area contributed by atoms with Gasteiger partial charge in [-0.3, -0.25) is 14.9 Å². The van der Waals surface area contributed by atoms with Crippen LogP contribution in [0.25, 0.3) is 0 Å². The Morgan fingerprint density at radius 3 is 2.26 bits per heavy atom. The lowest BCUT2D eigenvalue weighted by atomic mass is 9.99. The molecule has 0 bridgehead atoms. The summed E-state index contributed by atoms with van der Waals surface area (Å²) in [4.78, 5) is 23.0. The highest BCUT2D eigenvalue weighted by Crippen LogP contribution is 2.30. The van der Waals surface area contributed by atoms with E-state index in [4.69, 9.17) is 4.74 Å². The number of aryl methyl sites for hydroxylation is 3. The topological polar surface area (TPSA) is 81.5 Å². The Kier molecular flexibility index (Phi) is 4.64. The predicted octanol–water partition coefficient (Wildman–Crippen LogP) is 3.78. The maximum Gasteiger partial charge on any atom is 0.271 e. The number of benzene rings is 2. The van der Waals surface area contributed by atoms with E-state index in [9.17, 15) is 14.9 Å². The van der Waals surface area contributed by atoms with Crippen LogP contribution in [0.1, 0.15) is 27.0 Å². The van der Waals surface area contributed by atoms with Crippen LogP contribution in [-0.4, -0.2) is 17.9 Å². The highest BCUT2D eigenvalue weighted by molar-refractivity contribution is 6.07. The monoisotopic (exact) mass is 314 g/mol. The summed E-state index contributed by atoms with van der Waals surface area (Å²) >= 11 is 0. The molecule has 0 heterocycles. The van der Waals surface area contributed by atoms with Crippen LogP contribution in [0.4, 0.5) is 11.4 Å². The van der Waals surface area contributed by atoms with Crippen LogP contribution >= 0.6 is 0 Å². The molecule has 0 radical (unpaired) electrons. The lowest BCUT2D eigenvalue weighted by Crippen LogP contribution is -2.16. The Morgan fingerprint density at radius 2 is 1.74 bits per heavy atom. The Hall–Kier alpha value is -2.89. The number of nitro groups is 1. The molecule has 2 aromatic carbocycles. The summed E-state index contributed by atoms with van der Waals surface area (Å²) in [6.07, 6.45) is 0. The minimum Gasteiger partial charge on any atom is -0.495 e. The van der Waals surface area contributed by atoms with E-state index in [1.54, 1.807) is 0 Å². The predicted molar refractivity (Wildman–Crippen MR) is 88.3 cm³/mol. The Morgan fingerprint density at radius 1 is 1.13 bits per heavy atom. The van der Waals surface area contributed by atoms with Crippen molar-refractivity contribution in [3.8, 4) is 5.75 Å². The number of nitro benzene ring substituents is 1. The molecular weight excluding hydrogens is 296 g/mol. The smallest absolute Gasteiger partial charge is 0.271 e. The minimum atomic E-state index is -0.516. The van der Waals surface area contributed by atoms with Crippen LogP contribution in [0.2, 0.25) is 0 Å². The van der Waals surface area contributed by atoms with Crippen molar-refractivity contribution in [2.75, 3.05) is 12.4 Å². The molecular formula is C17H18N2O4. The number of anilines is 1. The van der Waals surface area contributed by atoms with Gasteiger partial charge < -0.3 is 10.1 Å². The standard InChI is InChI=1S/C17H18N2O4/c1-10-7-11(2)16(12(3)8-10)17(20)18-14-9-13(19(21)22)5-6-15(14)23-4/h5-9H,1-4H3,(H,18,20). The molecule has 2 rings (SSSR count). The molecule has 0 saturated carbocycles. The molecule has 120 valence electrons. The molecule has 0 aliphatic rings. The molecule has 0 saturated heterocycles. The molecule has 6 heteroatoms. The number of amides is 1. The third-order valence-corrected chi connectivity index (χ3v) is 3.55. The maximum absolute atomic E-state index is 12.6. The van der Waals surface area contributed by atoms with Crippen LogP contribution in [0, 0.1) is 30.9 Å². The number of methoxy groups -OCH3 is 1. The molecule has 0 unspecified atom stereocenters. The zero-order valence-corrected chi connectivity index (χ0v) is 13.5. The number of ether oxygens (including phenoxy) is 1. The fourth-order valence-corrected chi connectivity index (χ4v) is 2.63. The van der Waals surface area contributed by atoms with E-state index >= 15 is 0 Å². The first-order valence-electron chi connectivity index (χ1n) is 7.05. The second kappa shape index (κ2) is 6.48. The van der Waals surface area contributed by atoms with E-state index in [2.05, 4.69) is 5.32 Å². The van der Waals surface area contributed by atoms with Crippen molar-refractivity contribution in [2.45, 2.75) is 20.8 Å². The van der Waals surface area contributed by atoms with Crippen molar-refractivity contribution in [2.24, 2.45) is 0 Å². The summed E-state index contributed by atoms with van der Waals surface area (Å²) in [6, 6.07) is 7.92. The number of carbonyl (C=O) groups excluding carboxylic acids is 1. The third-order valence-electron chi connectivity index (χ3n) is 3.55. The van der Waals surface area contributed by atoms with E-state index in [1.807, 2.05) is 32.9 Å². The molecule has 2 aromatic rings. The van der Waals surface area contributed by atoms with E-state index in [0.29, 0.717) is 11.3 Å². The molecule has 0 spiro atoms. The number of hydrogen-bond acceptors (Lipinski definition) is 4. The second-order valence-electron chi connectivity index (χ2n) is 5.37. The van der Waals surface area contributed by atoms with Gasteiger partial charge in [-0.2, -0.15) is 0 Å². The first-order valence-corrected chi connectivity index (χ1v) is 7.05. The summed E-state index contributed by atoms with van der Waals surface area (Å²) in [7, 11) is 1.44. The summed E-state index contributed by atoms with van der Waals surface area (Å²) in [5.74, 6) is 0.0464. The van der Waals surface area contributed by atoms with Crippen LogP contribution in [0.3, 0.4) is 0 Å². The van der Waals surface area contributed by atoms with Crippen molar-refractivity contribution < 1.29 is 14.5 Å². The van der Waals surface area contributed by atoms with Gasteiger partial charge in [0, 0.05) is 17.7 Å². The average molecular weight is 314 g/mol. The fourth-order valence-electron chi connectivity index (χ4n) is 2.63. The van der Waals surface area contributed by atoms with E-state index in [1.165, 1.54) is 25.3 Å². The van der Waals surface area contributed by atoms with E-state index in [0.717, 1.165) is 16.7 Å². The number of rotatable bonds is 4. The van der Waals surface area contributed by atoms with Crippen molar-refractivity contribution >= 4 is 17.3 Å². The Balaban J connectivity index is 2.41. The van der Waals surface area contributed by atoms with Crippen LogP contribution in [-0.2, 0) is 0 Å². The van der Waals surface area contributed by atoms with Gasteiger partial charge in [0.2, 0.25) is 0 Å². The molecule has 1 amide bonds. The van der Waals surface area contributed by atoms with Gasteiger partial charge in [0.25, 0.3) is 11.6 Å². The first kappa shape index (κ1) is 16.5. The van der Waals surface area contributed by atoms with Gasteiger partial charge in [-0.15, -0.1) is 0 Å². The van der Waals surface area contributed by atoms with Gasteiger partial charge in [0.1, 0.15) is 5.75 Å². The van der Waals surface area contributed by atoms with Gasteiger partial charge in [0.15, 0.2) is 0 Å². The maximum atomic E-state index is 12.6. The summed E-state index contributed by atoms with van der Waals surface area (Å²) in [5.41, 5.74) is 3.49. The van der Waals surface area contributed by atoms with Gasteiger partial charge >= 0.3 is 0 Å². The third kappa shape index (κ3) is 3.48. The molecule has 0 aliphatic heterocycles. The zero-order valence-electron chi connectivity index (χ0n) is 13.5. The number of nitrogens with zero attached hydrogens (tertiary/aromatic N) is 1. The van der Waals surface area contributed by atoms with Crippen molar-refractivity contribution in [1.29, 1.82) is 0 Å². The molecule has 0 fully saturated rings. The second-order valence-corrected chi connectivity index (χ2v) is 5.37. The normalized spacial score (nSPS) is 10.3. The lowest BCUT2D eigenvalue weighted by molar-refractivity contribution is -0.384. The van der Waals surface area contributed by atoms with Crippen molar-refractivity contribution in [3.05, 3.63) is 62.7 Å². The van der Waals surface area contributed by atoms with E-state index in [-0.39, 0.29) is 17.3 Å². The highest BCUT2D eigenvalue weighted by atomic mass is 16.6. The minimum absolute atomic E-state index is 0.113. The van der Waals surface area contributed by atoms with Crippen molar-refractivity contribution in [1.82, 2.24) is 0 Å². The largest absolute Gasteiger partial charge is 0.495 e. The first-order chi connectivity index (χ1) is 10.8. The van der Waals surface area contributed by atoms with Crippen LogP contribution in [0.15, 0.2) is 30.3 Å². The SMILES string of the molecule is COc1ccc([N+](=O)[O-])cc1NC(=O)c1c(C)cc(C)cc1C. The highest BCUT2D eigenvalue weighted by Gasteiger charge is 2.17. The number of non-ortho nitro benzene ring substituents is 1. The van der Waals surface area contributed by atoms with Gasteiger partial charge in [-0.1, -0.05) is 17.7 Å². The van der Waals surface area contributed by atoms with E-state index < -0.39 is 4.92 Å². The number of hydrogen-bond donors (Lipinski definition) is 1. The summed E-state index contributed by atoms with van der Waals surface area (Å²) in [6.45, 7) is 5.68. The number of carbonyl (C=O) groups is 1. The zero-order chi connectivity index (χ0) is 17.1. The quantitative estimate of drug-likeness (QED) is 0.687. The summed E-state index contributed by atoms with van der Waals surface area (Å²) in [5, 5.41) is 13.6. The molecule has 6 nitrogen and oxygen atoms in total. The van der Waals surface area contributed by atoms with Gasteiger partial charge in [0.05, 0.1) is 17.7 Å². The van der Waals surface area contributed by atoms with Gasteiger partial charge in [-0.05, 0) is 38.0 Å². The molecule has 0 aliphatic carbocycles. The molecule has 1 N–H and O–H groups in total. The van der Waals surface area contributed by atoms with Crippen molar-refractivity contribution in [3.63, 3.8) is 0 Å².